The molecule has 0 unspecified atom stereocenters. The number of piperazine rings is 2. The Balaban J connectivity index is 0.718. The summed E-state index contributed by atoms with van der Waals surface area (Å²) in [6.07, 6.45) is 6.14. The predicted octanol–water partition coefficient (Wildman–Crippen LogP) is 4.13. The number of H-pyrrole nitrogens is 1. The van der Waals surface area contributed by atoms with E-state index in [1.807, 2.05) is 42.3 Å². The topological polar surface area (TPSA) is 187 Å². The van der Waals surface area contributed by atoms with Gasteiger partial charge >= 0.3 is 0 Å². The maximum absolute atomic E-state index is 15.1. The summed E-state index contributed by atoms with van der Waals surface area (Å²) in [4.78, 5) is 95.3. The molecule has 0 aliphatic carbocycles. The summed E-state index contributed by atoms with van der Waals surface area (Å²) in [5.74, 6) is -0.767. The summed E-state index contributed by atoms with van der Waals surface area (Å²) < 4.78 is 15.1. The third-order valence-corrected chi connectivity index (χ3v) is 15.1. The lowest BCUT2D eigenvalue weighted by Crippen LogP contribution is -2.53. The zero-order valence-corrected chi connectivity index (χ0v) is 41.9. The van der Waals surface area contributed by atoms with Gasteiger partial charge in [-0.1, -0.05) is 55.5 Å². The molecule has 0 spiro atoms. The molecule has 0 radical (unpaired) electrons. The fourth-order valence-electron chi connectivity index (χ4n) is 10.6. The highest BCUT2D eigenvalue weighted by Gasteiger charge is 2.31. The number of aromatic amines is 1. The largest absolute Gasteiger partial charge is 0.346 e. The second-order valence-corrected chi connectivity index (χ2v) is 20.0. The average molecular weight is 996 g/mol. The lowest BCUT2D eigenvalue weighted by Gasteiger charge is -2.39. The summed E-state index contributed by atoms with van der Waals surface area (Å²) in [6.45, 7) is 10.1. The molecular weight excluding hydrogens is 930 g/mol. The molecule has 0 bridgehead atoms. The van der Waals surface area contributed by atoms with E-state index in [2.05, 4.69) is 54.7 Å². The van der Waals surface area contributed by atoms with Gasteiger partial charge in [0, 0.05) is 102 Å². The van der Waals surface area contributed by atoms with Gasteiger partial charge in [-0.15, -0.1) is 0 Å². The lowest BCUT2D eigenvalue weighted by atomic mass is 9.96. The highest BCUT2D eigenvalue weighted by atomic mass is 19.1. The van der Waals surface area contributed by atoms with Gasteiger partial charge in [0.25, 0.3) is 17.4 Å². The van der Waals surface area contributed by atoms with Crippen molar-refractivity contribution in [3.05, 3.63) is 123 Å². The molecule has 4 fully saturated rings. The van der Waals surface area contributed by atoms with Gasteiger partial charge in [0.15, 0.2) is 5.69 Å². The molecule has 0 saturated carbocycles. The zero-order chi connectivity index (χ0) is 51.0. The fourth-order valence-corrected chi connectivity index (χ4v) is 10.6. The van der Waals surface area contributed by atoms with Crippen molar-refractivity contribution in [3.8, 4) is 11.1 Å². The number of likely N-dealkylation sites (tertiary alicyclic amines) is 2. The van der Waals surface area contributed by atoms with Gasteiger partial charge in [0.05, 0.1) is 35.4 Å². The van der Waals surface area contributed by atoms with Crippen LogP contribution in [0.1, 0.15) is 70.3 Å². The number of piperidine rings is 2. The van der Waals surface area contributed by atoms with E-state index in [4.69, 9.17) is 0 Å². The summed E-state index contributed by atoms with van der Waals surface area (Å²) >= 11 is 0. The Bertz CT molecular complexity index is 2890. The molecule has 4 saturated heterocycles. The number of aryl methyl sites for hydroxylation is 1. The highest BCUT2D eigenvalue weighted by molar-refractivity contribution is 6.03. The van der Waals surface area contributed by atoms with Crippen molar-refractivity contribution in [2.75, 3.05) is 111 Å². The molecule has 5 aromatic rings. The normalized spacial score (nSPS) is 18.3. The van der Waals surface area contributed by atoms with Crippen LogP contribution in [0.25, 0.3) is 21.9 Å². The number of carbonyl (C=O) groups is 5. The molecule has 6 heterocycles. The number of hydrogen-bond donors (Lipinski definition) is 3. The Morgan fingerprint density at radius 1 is 0.726 bits per heavy atom. The fraction of sp³-hybridized carbons (Fsp3) is 0.455. The van der Waals surface area contributed by atoms with E-state index in [9.17, 15) is 28.8 Å². The van der Waals surface area contributed by atoms with Gasteiger partial charge in [-0.05, 0) is 98.1 Å². The Morgan fingerprint density at radius 3 is 2.19 bits per heavy atom. The van der Waals surface area contributed by atoms with Crippen LogP contribution in [0.3, 0.4) is 0 Å². The van der Waals surface area contributed by atoms with E-state index in [-0.39, 0.29) is 52.9 Å². The number of pyridine rings is 1. The lowest BCUT2D eigenvalue weighted by molar-refractivity contribution is -0.134. The van der Waals surface area contributed by atoms with Crippen LogP contribution >= 0.6 is 0 Å². The van der Waals surface area contributed by atoms with Crippen LogP contribution in [0.5, 0.6) is 0 Å². The third-order valence-electron chi connectivity index (χ3n) is 15.1. The van der Waals surface area contributed by atoms with Gasteiger partial charge in [-0.25, -0.2) is 14.5 Å². The standard InChI is InChI=1S/C55H66FN11O6/c1-3-37-7-6-8-41(27-37)42-31-48(59-49(68)34-57-32-40-13-16-62(2)50(69)30-40)52(58-33-42)55(73)67-21-19-64(20-22-67)35-38-14-17-63(18-15-38)36-51(70)65-23-25-66(26-24-65)54(72)45-28-39(11-12-46(45)56)29-47-43-9-4-5-10-44(43)53(71)61-60-47/h4-12,27-28,31,33,38,40,57H,3,13-26,29-30,32,34-36H2,1-2H3,(H,59,68)(H,61,71)/t40-/m0/s1. The minimum absolute atomic E-state index is 0.0242. The molecule has 3 aromatic carbocycles. The van der Waals surface area contributed by atoms with Gasteiger partial charge in [0.1, 0.15) is 5.82 Å². The first kappa shape index (κ1) is 51.0. The van der Waals surface area contributed by atoms with Crippen LogP contribution in [-0.4, -0.2) is 179 Å². The minimum Gasteiger partial charge on any atom is -0.346 e. The van der Waals surface area contributed by atoms with Crippen LogP contribution in [0.2, 0.25) is 0 Å². The molecule has 2 aromatic heterocycles. The van der Waals surface area contributed by atoms with Crippen molar-refractivity contribution in [1.82, 2.24) is 49.9 Å². The Kier molecular flexibility index (Phi) is 16.3. The second-order valence-electron chi connectivity index (χ2n) is 20.0. The first-order valence-corrected chi connectivity index (χ1v) is 25.8. The minimum atomic E-state index is -0.613. The summed E-state index contributed by atoms with van der Waals surface area (Å²) in [5, 5.41) is 14.2. The smallest absolute Gasteiger partial charge is 0.274 e. The molecular formula is C55H66FN11O6. The van der Waals surface area contributed by atoms with Crippen molar-refractivity contribution in [2.24, 2.45) is 11.8 Å². The van der Waals surface area contributed by atoms with E-state index in [1.165, 1.54) is 11.6 Å². The molecule has 1 atom stereocenters. The number of aromatic nitrogens is 3. The number of nitrogens with zero attached hydrogens (tertiary/aromatic N) is 8. The van der Waals surface area contributed by atoms with E-state index in [1.54, 1.807) is 45.2 Å². The van der Waals surface area contributed by atoms with Crippen molar-refractivity contribution in [2.45, 2.75) is 45.4 Å². The molecule has 384 valence electrons. The number of amides is 5. The Labute approximate surface area is 425 Å². The molecule has 3 N–H and O–H groups in total. The zero-order valence-electron chi connectivity index (χ0n) is 41.9. The number of fused-ring (bicyclic) bond motifs is 1. The van der Waals surface area contributed by atoms with Crippen LogP contribution in [-0.2, 0) is 27.2 Å². The third kappa shape index (κ3) is 12.5. The molecule has 9 rings (SSSR count). The quantitative estimate of drug-likeness (QED) is 0.137. The van der Waals surface area contributed by atoms with E-state index >= 15 is 4.39 Å². The summed E-state index contributed by atoms with van der Waals surface area (Å²) in [6, 6.07) is 21.6. The first-order valence-electron chi connectivity index (χ1n) is 25.8. The number of nitrogens with one attached hydrogen (secondary N) is 3. The van der Waals surface area contributed by atoms with E-state index in [0.717, 1.165) is 69.5 Å². The molecule has 18 heteroatoms. The summed E-state index contributed by atoms with van der Waals surface area (Å²) in [5.41, 5.74) is 4.50. The number of hydrogen-bond acceptors (Lipinski definition) is 11. The van der Waals surface area contributed by atoms with Crippen molar-refractivity contribution in [1.29, 1.82) is 0 Å². The SMILES string of the molecule is CCc1cccc(-c2cnc(C(=O)N3CCN(CC4CCN(CC(=O)N5CCN(C(=O)c6cc(Cc7n[nH]c(=O)c8ccccc78)ccc6F)CC5)CC4)CC3)c(NC(=O)CNC[C@H]3CCN(C)C(=O)C3)c2)c1. The van der Waals surface area contributed by atoms with Gasteiger partial charge < -0.3 is 30.2 Å². The number of anilines is 1. The van der Waals surface area contributed by atoms with Crippen molar-refractivity contribution in [3.63, 3.8) is 0 Å². The van der Waals surface area contributed by atoms with E-state index < -0.39 is 11.7 Å². The average Bonchev–Trinajstić information content (AvgIpc) is 3.41. The van der Waals surface area contributed by atoms with Crippen molar-refractivity contribution >= 4 is 46.0 Å². The van der Waals surface area contributed by atoms with Gasteiger partial charge in [0.2, 0.25) is 17.7 Å². The van der Waals surface area contributed by atoms with Gasteiger partial charge in [-0.3, -0.25) is 38.6 Å². The first-order chi connectivity index (χ1) is 35.4. The van der Waals surface area contributed by atoms with E-state index in [0.29, 0.717) is 105 Å². The second kappa shape index (κ2) is 23.3. The maximum Gasteiger partial charge on any atom is 0.274 e. The highest BCUT2D eigenvalue weighted by Crippen LogP contribution is 2.28. The Hall–Kier alpha value is -6.89. The number of carbonyl (C=O) groups excluding carboxylic acids is 5. The molecule has 4 aliphatic rings. The Morgan fingerprint density at radius 2 is 1.44 bits per heavy atom. The van der Waals surface area contributed by atoms with Gasteiger partial charge in [-0.2, -0.15) is 5.10 Å². The molecule has 73 heavy (non-hydrogen) atoms. The monoisotopic (exact) mass is 996 g/mol. The van der Waals surface area contributed by atoms with Crippen LogP contribution in [0.15, 0.2) is 83.8 Å². The molecule has 5 amide bonds. The van der Waals surface area contributed by atoms with Crippen molar-refractivity contribution < 1.29 is 28.4 Å². The number of benzene rings is 3. The van der Waals surface area contributed by atoms with Crippen LogP contribution in [0, 0.1) is 17.7 Å². The molecule has 4 aliphatic heterocycles. The molecule has 17 nitrogen and oxygen atoms in total. The van der Waals surface area contributed by atoms with Crippen LogP contribution in [0.4, 0.5) is 10.1 Å². The number of rotatable bonds is 15. The predicted molar refractivity (Wildman–Crippen MR) is 276 cm³/mol. The van der Waals surface area contributed by atoms with Crippen LogP contribution < -0.4 is 16.2 Å². The number of halogens is 1. The maximum atomic E-state index is 15.1. The summed E-state index contributed by atoms with van der Waals surface area (Å²) in [7, 11) is 1.81.